The van der Waals surface area contributed by atoms with Crippen LogP contribution in [0.3, 0.4) is 0 Å². The number of aryl methyl sites for hydroxylation is 1. The van der Waals surface area contributed by atoms with Crippen molar-refractivity contribution in [3.8, 4) is 0 Å². The molecule has 2 aromatic carbocycles. The number of hydrogen-bond acceptors (Lipinski definition) is 6. The van der Waals surface area contributed by atoms with Gasteiger partial charge in [0.1, 0.15) is 6.54 Å². The van der Waals surface area contributed by atoms with E-state index in [1.54, 1.807) is 24.0 Å². The second-order valence-corrected chi connectivity index (χ2v) is 10.4. The van der Waals surface area contributed by atoms with E-state index in [9.17, 15) is 18.0 Å². The van der Waals surface area contributed by atoms with Crippen LogP contribution in [0.15, 0.2) is 52.2 Å². The number of nitrogens with zero attached hydrogens (tertiary/aromatic N) is 3. The number of hydrogen-bond donors (Lipinski definition) is 0. The predicted octanol–water partition coefficient (Wildman–Crippen LogP) is 2.45. The van der Waals surface area contributed by atoms with Gasteiger partial charge in [-0.25, -0.2) is 8.42 Å². The molecule has 1 fully saturated rings. The maximum Gasteiger partial charge on any atom is 0.308 e. The number of benzene rings is 2. The summed E-state index contributed by atoms with van der Waals surface area (Å²) >= 11 is 0.944. The Balaban J connectivity index is 1.66. The van der Waals surface area contributed by atoms with Gasteiger partial charge in [0.15, 0.2) is 0 Å². The first kappa shape index (κ1) is 22.5. The van der Waals surface area contributed by atoms with Crippen LogP contribution in [0.4, 0.5) is 5.69 Å². The van der Waals surface area contributed by atoms with Crippen molar-refractivity contribution in [1.29, 1.82) is 0 Å². The van der Waals surface area contributed by atoms with Crippen LogP contribution in [-0.4, -0.2) is 56.6 Å². The van der Waals surface area contributed by atoms with Gasteiger partial charge in [0.2, 0.25) is 5.91 Å². The van der Waals surface area contributed by atoms with Crippen LogP contribution in [0.2, 0.25) is 0 Å². The molecular weight excluding hydrogens is 450 g/mol. The third-order valence-electron chi connectivity index (χ3n) is 5.46. The third kappa shape index (κ3) is 4.30. The number of anilines is 1. The number of rotatable bonds is 6. The van der Waals surface area contributed by atoms with Gasteiger partial charge in [0.25, 0.3) is 10.0 Å². The highest BCUT2D eigenvalue weighted by atomic mass is 32.2. The Labute approximate surface area is 190 Å². The molecule has 1 aliphatic heterocycles. The molecule has 0 atom stereocenters. The summed E-state index contributed by atoms with van der Waals surface area (Å²) in [5, 5.41) is 0. The van der Waals surface area contributed by atoms with E-state index in [0.717, 1.165) is 16.9 Å². The molecule has 0 radical (unpaired) electrons. The van der Waals surface area contributed by atoms with Crippen molar-refractivity contribution in [2.24, 2.45) is 0 Å². The molecule has 0 bridgehead atoms. The Morgan fingerprint density at radius 1 is 1.16 bits per heavy atom. The molecule has 1 saturated heterocycles. The van der Waals surface area contributed by atoms with Crippen molar-refractivity contribution in [2.75, 3.05) is 37.2 Å². The topological polar surface area (TPSA) is 88.9 Å². The number of sulfonamides is 1. The minimum Gasteiger partial charge on any atom is -0.378 e. The van der Waals surface area contributed by atoms with Gasteiger partial charge in [0.05, 0.1) is 34.0 Å². The van der Waals surface area contributed by atoms with E-state index in [0.29, 0.717) is 42.2 Å². The third-order valence-corrected chi connectivity index (χ3v) is 8.30. The highest BCUT2D eigenvalue weighted by Crippen LogP contribution is 2.28. The van der Waals surface area contributed by atoms with Crippen LogP contribution in [0, 0.1) is 6.92 Å². The second kappa shape index (κ2) is 9.05. The van der Waals surface area contributed by atoms with E-state index < -0.39 is 10.0 Å². The summed E-state index contributed by atoms with van der Waals surface area (Å²) in [5.74, 6) is -0.150. The summed E-state index contributed by atoms with van der Waals surface area (Å²) < 4.78 is 35.3. The molecular formula is C22H25N3O5S2. The van der Waals surface area contributed by atoms with Crippen LogP contribution in [0.1, 0.15) is 12.5 Å². The number of amides is 1. The quantitative estimate of drug-likeness (QED) is 0.546. The highest BCUT2D eigenvalue weighted by molar-refractivity contribution is 7.92. The molecule has 3 aromatic rings. The first-order valence-electron chi connectivity index (χ1n) is 10.4. The monoisotopic (exact) mass is 475 g/mol. The molecule has 2 heterocycles. The van der Waals surface area contributed by atoms with Gasteiger partial charge in [-0.15, -0.1) is 0 Å². The summed E-state index contributed by atoms with van der Waals surface area (Å²) in [4.78, 5) is 26.7. The molecule has 8 nitrogen and oxygen atoms in total. The summed E-state index contributed by atoms with van der Waals surface area (Å²) in [7, 11) is -3.82. The molecule has 32 heavy (non-hydrogen) atoms. The zero-order chi connectivity index (χ0) is 22.9. The standard InChI is InChI=1S/C22H25N3O5S2/c1-3-25(17-6-4-5-16(2)13-17)32(28,29)18-7-8-19-20(14-18)31-22(27)24(19)15-21(26)23-9-11-30-12-10-23/h4-8,13-14H,3,9-12,15H2,1-2H3. The lowest BCUT2D eigenvalue weighted by Gasteiger charge is -2.26. The zero-order valence-corrected chi connectivity index (χ0v) is 19.6. The number of carbonyl (C=O) groups is 1. The van der Waals surface area contributed by atoms with E-state index in [1.807, 2.05) is 25.1 Å². The van der Waals surface area contributed by atoms with Crippen LogP contribution in [0.5, 0.6) is 0 Å². The van der Waals surface area contributed by atoms with Gasteiger partial charge in [-0.3, -0.25) is 18.5 Å². The van der Waals surface area contributed by atoms with E-state index in [2.05, 4.69) is 0 Å². The number of ether oxygens (including phenoxy) is 1. The van der Waals surface area contributed by atoms with Crippen molar-refractivity contribution in [2.45, 2.75) is 25.3 Å². The number of carbonyl (C=O) groups excluding carboxylic acids is 1. The van der Waals surface area contributed by atoms with Gasteiger partial charge in [-0.05, 0) is 49.7 Å². The highest BCUT2D eigenvalue weighted by Gasteiger charge is 2.25. The van der Waals surface area contributed by atoms with Crippen molar-refractivity contribution in [3.63, 3.8) is 0 Å². The van der Waals surface area contributed by atoms with Gasteiger partial charge in [-0.1, -0.05) is 23.5 Å². The van der Waals surface area contributed by atoms with E-state index in [1.165, 1.54) is 21.0 Å². The fourth-order valence-corrected chi connectivity index (χ4v) is 6.30. The maximum absolute atomic E-state index is 13.4. The van der Waals surface area contributed by atoms with Crippen LogP contribution in [-0.2, 0) is 26.1 Å². The lowest BCUT2D eigenvalue weighted by molar-refractivity contribution is -0.135. The normalized spacial score (nSPS) is 14.6. The Morgan fingerprint density at radius 3 is 2.59 bits per heavy atom. The largest absolute Gasteiger partial charge is 0.378 e. The maximum atomic E-state index is 13.4. The molecule has 1 aliphatic rings. The van der Waals surface area contributed by atoms with Crippen molar-refractivity contribution in [1.82, 2.24) is 9.47 Å². The summed E-state index contributed by atoms with van der Waals surface area (Å²) in [6, 6.07) is 11.9. The first-order chi connectivity index (χ1) is 15.3. The van der Waals surface area contributed by atoms with E-state index in [-0.39, 0.29) is 28.8 Å². The molecule has 170 valence electrons. The van der Waals surface area contributed by atoms with Crippen molar-refractivity contribution in [3.05, 3.63) is 57.7 Å². The van der Waals surface area contributed by atoms with E-state index in [4.69, 9.17) is 4.74 Å². The second-order valence-electron chi connectivity index (χ2n) is 7.59. The summed E-state index contributed by atoms with van der Waals surface area (Å²) in [5.41, 5.74) is 2.11. The minimum absolute atomic E-state index is 0.0741. The Kier molecular flexibility index (Phi) is 6.36. The fourth-order valence-electron chi connectivity index (χ4n) is 3.81. The Bertz CT molecular complexity index is 1310. The Hall–Kier alpha value is -2.69. The average molecular weight is 476 g/mol. The minimum atomic E-state index is -3.82. The molecule has 0 aliphatic carbocycles. The number of morpholine rings is 1. The molecule has 1 aromatic heterocycles. The smallest absolute Gasteiger partial charge is 0.308 e. The number of thiazole rings is 1. The van der Waals surface area contributed by atoms with E-state index >= 15 is 0 Å². The molecule has 4 rings (SSSR count). The Morgan fingerprint density at radius 2 is 1.91 bits per heavy atom. The summed E-state index contributed by atoms with van der Waals surface area (Å²) in [6.07, 6.45) is 0. The molecule has 0 unspecified atom stereocenters. The number of aromatic nitrogens is 1. The van der Waals surface area contributed by atoms with Crippen molar-refractivity contribution < 1.29 is 17.9 Å². The van der Waals surface area contributed by atoms with Crippen LogP contribution >= 0.6 is 11.3 Å². The fraction of sp³-hybridized carbons (Fsp3) is 0.364. The average Bonchev–Trinajstić information content (AvgIpc) is 3.09. The van der Waals surface area contributed by atoms with Crippen LogP contribution < -0.4 is 9.18 Å². The van der Waals surface area contributed by atoms with Gasteiger partial charge in [-0.2, -0.15) is 0 Å². The zero-order valence-electron chi connectivity index (χ0n) is 18.0. The molecule has 1 amide bonds. The predicted molar refractivity (Wildman–Crippen MR) is 125 cm³/mol. The van der Waals surface area contributed by atoms with Crippen molar-refractivity contribution >= 4 is 43.2 Å². The molecule has 0 saturated carbocycles. The van der Waals surface area contributed by atoms with Gasteiger partial charge < -0.3 is 9.64 Å². The molecule has 0 spiro atoms. The lowest BCUT2D eigenvalue weighted by atomic mass is 10.2. The number of fused-ring (bicyclic) bond motifs is 1. The molecule has 0 N–H and O–H groups in total. The van der Waals surface area contributed by atoms with Crippen LogP contribution in [0.25, 0.3) is 10.2 Å². The van der Waals surface area contributed by atoms with Gasteiger partial charge in [0, 0.05) is 19.6 Å². The summed E-state index contributed by atoms with van der Waals surface area (Å²) in [6.45, 7) is 5.87. The molecule has 10 heteroatoms. The SMILES string of the molecule is CCN(c1cccc(C)c1)S(=O)(=O)c1ccc2c(c1)sc(=O)n2CC(=O)N1CCOCC1. The lowest BCUT2D eigenvalue weighted by Crippen LogP contribution is -2.43. The first-order valence-corrected chi connectivity index (χ1v) is 12.6. The van der Waals surface area contributed by atoms with Gasteiger partial charge >= 0.3 is 4.87 Å².